The van der Waals surface area contributed by atoms with Crippen LogP contribution < -0.4 is 0 Å². The second-order valence-corrected chi connectivity index (χ2v) is 2.93. The monoisotopic (exact) mass is 215 g/mol. The number of aryl methyl sites for hydroxylation is 1. The number of hydrogen-bond acceptors (Lipinski definition) is 2. The van der Waals surface area contributed by atoms with E-state index in [1.807, 2.05) is 0 Å². The fraction of sp³-hybridized carbons (Fsp3) is 0.300. The number of benzene rings is 1. The summed E-state index contributed by atoms with van der Waals surface area (Å²) < 4.78 is 38.2. The van der Waals surface area contributed by atoms with Crippen molar-refractivity contribution in [2.45, 2.75) is 12.8 Å². The second-order valence-electron chi connectivity index (χ2n) is 2.93. The van der Waals surface area contributed by atoms with Gasteiger partial charge < -0.3 is 0 Å². The molecular weight excluding hydrogens is 207 g/mol. The minimum Gasteiger partial charge on any atom is -0.211 e. The molecule has 0 fully saturated rings. The maximum atomic E-state index is 13.0. The molecule has 0 spiro atoms. The van der Waals surface area contributed by atoms with Crippen LogP contribution in [-0.4, -0.2) is 12.6 Å². The summed E-state index contributed by atoms with van der Waals surface area (Å²) in [5.41, 5.74) is 0.0787. The standard InChI is InChI=1S/C10H8F3NO/c11-8-5-10(13)9(12)4-7(8)2-1-3-14-6-15/h4-5H,1-3H2. The molecule has 1 aromatic carbocycles. The van der Waals surface area contributed by atoms with E-state index in [4.69, 9.17) is 0 Å². The van der Waals surface area contributed by atoms with E-state index in [-0.39, 0.29) is 18.5 Å². The zero-order chi connectivity index (χ0) is 11.3. The van der Waals surface area contributed by atoms with Crippen molar-refractivity contribution in [3.05, 3.63) is 35.1 Å². The number of isocyanates is 1. The van der Waals surface area contributed by atoms with Crippen molar-refractivity contribution in [3.63, 3.8) is 0 Å². The zero-order valence-corrected chi connectivity index (χ0v) is 7.77. The fourth-order valence-electron chi connectivity index (χ4n) is 1.15. The summed E-state index contributed by atoms with van der Waals surface area (Å²) in [7, 11) is 0. The number of hydrogen-bond donors (Lipinski definition) is 0. The minimum atomic E-state index is -1.21. The third-order valence-corrected chi connectivity index (χ3v) is 1.87. The highest BCUT2D eigenvalue weighted by molar-refractivity contribution is 5.32. The normalized spacial score (nSPS) is 9.80. The Bertz CT molecular complexity index is 400. The fourth-order valence-corrected chi connectivity index (χ4v) is 1.15. The summed E-state index contributed by atoms with van der Waals surface area (Å²) in [5.74, 6) is -3.07. The molecular formula is C10H8F3NO. The molecule has 0 aromatic heterocycles. The van der Waals surface area contributed by atoms with E-state index >= 15 is 0 Å². The van der Waals surface area contributed by atoms with Gasteiger partial charge in [-0.2, -0.15) is 0 Å². The van der Waals surface area contributed by atoms with E-state index in [2.05, 4.69) is 4.99 Å². The van der Waals surface area contributed by atoms with Gasteiger partial charge in [0.05, 0.1) is 6.54 Å². The number of nitrogens with zero attached hydrogens (tertiary/aromatic N) is 1. The molecule has 2 nitrogen and oxygen atoms in total. The van der Waals surface area contributed by atoms with Crippen LogP contribution >= 0.6 is 0 Å². The molecule has 1 rings (SSSR count). The van der Waals surface area contributed by atoms with Crippen LogP contribution in [0.5, 0.6) is 0 Å². The number of aliphatic imine (C=N–C) groups is 1. The minimum absolute atomic E-state index is 0.0787. The molecule has 0 aliphatic heterocycles. The predicted octanol–water partition coefficient (Wildman–Crippen LogP) is 2.37. The Kier molecular flexibility index (Phi) is 4.06. The Hall–Kier alpha value is -1.61. The summed E-state index contributed by atoms with van der Waals surface area (Å²) in [6, 6.07) is 1.32. The van der Waals surface area contributed by atoms with Crippen LogP contribution in [0.25, 0.3) is 0 Å². The average Bonchev–Trinajstić information content (AvgIpc) is 2.20. The Morgan fingerprint density at radius 3 is 2.47 bits per heavy atom. The van der Waals surface area contributed by atoms with Gasteiger partial charge in [0, 0.05) is 6.07 Å². The first kappa shape index (κ1) is 11.5. The van der Waals surface area contributed by atoms with Gasteiger partial charge in [0.15, 0.2) is 11.6 Å². The predicted molar refractivity (Wildman–Crippen MR) is 47.6 cm³/mol. The molecule has 0 saturated heterocycles. The maximum absolute atomic E-state index is 13.0. The molecule has 0 aliphatic carbocycles. The smallest absolute Gasteiger partial charge is 0.211 e. The number of halogens is 3. The summed E-state index contributed by atoms with van der Waals surface area (Å²) >= 11 is 0. The maximum Gasteiger partial charge on any atom is 0.234 e. The first-order valence-electron chi connectivity index (χ1n) is 4.32. The van der Waals surface area contributed by atoms with E-state index in [9.17, 15) is 18.0 Å². The van der Waals surface area contributed by atoms with Crippen LogP contribution in [-0.2, 0) is 11.2 Å². The van der Waals surface area contributed by atoms with E-state index in [1.165, 1.54) is 6.08 Å². The van der Waals surface area contributed by atoms with Gasteiger partial charge >= 0.3 is 0 Å². The Morgan fingerprint density at radius 1 is 1.13 bits per heavy atom. The van der Waals surface area contributed by atoms with Gasteiger partial charge in [0.25, 0.3) is 0 Å². The molecule has 1 aromatic rings. The molecule has 0 atom stereocenters. The zero-order valence-electron chi connectivity index (χ0n) is 7.77. The Morgan fingerprint density at radius 2 is 1.80 bits per heavy atom. The molecule has 0 saturated carbocycles. The molecule has 0 unspecified atom stereocenters. The summed E-state index contributed by atoms with van der Waals surface area (Å²) in [4.78, 5) is 13.0. The lowest BCUT2D eigenvalue weighted by molar-refractivity contribution is 0.489. The molecule has 0 heterocycles. The van der Waals surface area contributed by atoms with Gasteiger partial charge in [-0.3, -0.25) is 0 Å². The van der Waals surface area contributed by atoms with Gasteiger partial charge in [-0.25, -0.2) is 23.0 Å². The molecule has 0 bridgehead atoms. The largest absolute Gasteiger partial charge is 0.234 e. The lowest BCUT2D eigenvalue weighted by Gasteiger charge is -2.02. The van der Waals surface area contributed by atoms with Crippen molar-refractivity contribution < 1.29 is 18.0 Å². The van der Waals surface area contributed by atoms with Gasteiger partial charge in [0.1, 0.15) is 5.82 Å². The van der Waals surface area contributed by atoms with Gasteiger partial charge in [0.2, 0.25) is 6.08 Å². The molecule has 0 N–H and O–H groups in total. The second kappa shape index (κ2) is 5.32. The molecule has 0 radical (unpaired) electrons. The topological polar surface area (TPSA) is 29.4 Å². The molecule has 5 heteroatoms. The lowest BCUT2D eigenvalue weighted by Crippen LogP contribution is -1.96. The van der Waals surface area contributed by atoms with E-state index in [0.717, 1.165) is 6.07 Å². The van der Waals surface area contributed by atoms with Crippen molar-refractivity contribution in [1.29, 1.82) is 0 Å². The van der Waals surface area contributed by atoms with Crippen molar-refractivity contribution in [2.75, 3.05) is 6.54 Å². The Labute approximate surface area is 84.4 Å². The van der Waals surface area contributed by atoms with Crippen LogP contribution in [0.1, 0.15) is 12.0 Å². The summed E-state index contributed by atoms with van der Waals surface area (Å²) in [6.07, 6.45) is 1.92. The highest BCUT2D eigenvalue weighted by atomic mass is 19.2. The van der Waals surface area contributed by atoms with Crippen molar-refractivity contribution in [2.24, 2.45) is 4.99 Å². The SMILES string of the molecule is O=C=NCCCc1cc(F)c(F)cc1F. The first-order chi connectivity index (χ1) is 7.15. The third kappa shape index (κ3) is 3.22. The molecule has 0 aliphatic rings. The molecule has 80 valence electrons. The Balaban J connectivity index is 2.68. The van der Waals surface area contributed by atoms with Crippen molar-refractivity contribution >= 4 is 6.08 Å². The van der Waals surface area contributed by atoms with E-state index < -0.39 is 17.5 Å². The quantitative estimate of drug-likeness (QED) is 0.328. The van der Waals surface area contributed by atoms with Gasteiger partial charge in [-0.1, -0.05) is 0 Å². The number of rotatable bonds is 4. The molecule has 15 heavy (non-hydrogen) atoms. The highest BCUT2D eigenvalue weighted by Gasteiger charge is 2.08. The van der Waals surface area contributed by atoms with Crippen molar-refractivity contribution in [3.8, 4) is 0 Å². The average molecular weight is 215 g/mol. The van der Waals surface area contributed by atoms with Gasteiger partial charge in [-0.05, 0) is 24.5 Å². The highest BCUT2D eigenvalue weighted by Crippen LogP contribution is 2.15. The van der Waals surface area contributed by atoms with Gasteiger partial charge in [-0.15, -0.1) is 0 Å². The summed E-state index contributed by atoms with van der Waals surface area (Å²) in [6.45, 7) is 0.196. The summed E-state index contributed by atoms with van der Waals surface area (Å²) in [5, 5.41) is 0. The third-order valence-electron chi connectivity index (χ3n) is 1.87. The number of carbonyl (C=O) groups excluding carboxylic acids is 1. The van der Waals surface area contributed by atoms with Crippen LogP contribution in [0.3, 0.4) is 0 Å². The van der Waals surface area contributed by atoms with Crippen LogP contribution in [0, 0.1) is 17.5 Å². The lowest BCUT2D eigenvalue weighted by atomic mass is 10.1. The van der Waals surface area contributed by atoms with Crippen LogP contribution in [0.4, 0.5) is 13.2 Å². The van der Waals surface area contributed by atoms with Crippen LogP contribution in [0.15, 0.2) is 17.1 Å². The molecule has 0 amide bonds. The van der Waals surface area contributed by atoms with E-state index in [0.29, 0.717) is 12.5 Å². The van der Waals surface area contributed by atoms with Crippen LogP contribution in [0.2, 0.25) is 0 Å². The van der Waals surface area contributed by atoms with Crippen molar-refractivity contribution in [1.82, 2.24) is 0 Å². The van der Waals surface area contributed by atoms with E-state index in [1.54, 1.807) is 0 Å². The first-order valence-corrected chi connectivity index (χ1v) is 4.32.